The second kappa shape index (κ2) is 15.4. The summed E-state index contributed by atoms with van der Waals surface area (Å²) in [6.07, 6.45) is 4.14. The predicted molar refractivity (Wildman–Crippen MR) is 161 cm³/mol. The topological polar surface area (TPSA) is 134 Å². The van der Waals surface area contributed by atoms with E-state index in [1.807, 2.05) is 0 Å². The molecule has 1 saturated carbocycles. The molecular formula is C31H37Cl2N3O7. The number of ether oxygens (including phenoxy) is 2. The Bertz CT molecular complexity index is 1300. The first-order valence-corrected chi connectivity index (χ1v) is 15.3. The van der Waals surface area contributed by atoms with Crippen molar-refractivity contribution in [1.82, 2.24) is 15.5 Å². The Labute approximate surface area is 261 Å². The van der Waals surface area contributed by atoms with E-state index in [1.54, 1.807) is 47.4 Å². The number of halogens is 2. The van der Waals surface area contributed by atoms with E-state index in [9.17, 15) is 24.3 Å². The maximum atomic E-state index is 13.4. The third-order valence-electron chi connectivity index (χ3n) is 7.78. The Morgan fingerprint density at radius 1 is 1.12 bits per heavy atom. The molecule has 232 valence electrons. The summed E-state index contributed by atoms with van der Waals surface area (Å²) < 4.78 is 11.0. The molecule has 1 fully saturated rings. The van der Waals surface area contributed by atoms with Gasteiger partial charge in [-0.1, -0.05) is 73.5 Å². The van der Waals surface area contributed by atoms with Crippen LogP contribution in [0.1, 0.15) is 62.5 Å². The van der Waals surface area contributed by atoms with E-state index in [1.165, 1.54) is 0 Å². The van der Waals surface area contributed by atoms with Crippen molar-refractivity contribution in [3.8, 4) is 5.75 Å². The van der Waals surface area contributed by atoms with Gasteiger partial charge in [0.2, 0.25) is 11.8 Å². The lowest BCUT2D eigenvalue weighted by Gasteiger charge is -2.30. The van der Waals surface area contributed by atoms with Gasteiger partial charge in [0.25, 0.3) is 0 Å². The minimum absolute atomic E-state index is 0.0520. The molecule has 0 spiro atoms. The standard InChI is InChI=1S/C31H37Cl2N3O7/c32-24-8-4-7-22(15-24)19-43-30(40)34-26(16-21-5-2-1-3-6-21)29(39)35-31(41,20-37)12-11-28(38)36-13-14-42-27-17-25(33)10-9-23(27)18-36/h4,7-10,15,17,20-21,26,41H,1-3,5-6,11-14,16,18-19H2,(H,34,40)(H,35,39)/t26-,31?/m0/s1. The van der Waals surface area contributed by atoms with Crippen molar-refractivity contribution in [3.05, 3.63) is 63.6 Å². The summed E-state index contributed by atoms with van der Waals surface area (Å²) in [4.78, 5) is 52.6. The minimum atomic E-state index is -2.31. The van der Waals surface area contributed by atoms with Crippen LogP contribution in [-0.4, -0.2) is 59.1 Å². The lowest BCUT2D eigenvalue weighted by molar-refractivity contribution is -0.143. The molecule has 3 N–H and O–H groups in total. The van der Waals surface area contributed by atoms with Gasteiger partial charge in [0.05, 0.1) is 6.54 Å². The average Bonchev–Trinajstić information content (AvgIpc) is 3.21. The molecule has 1 unspecified atom stereocenters. The highest BCUT2D eigenvalue weighted by molar-refractivity contribution is 6.31. The Hall–Kier alpha value is -3.34. The zero-order valence-electron chi connectivity index (χ0n) is 23.9. The summed E-state index contributed by atoms with van der Waals surface area (Å²) >= 11 is 12.0. The first-order chi connectivity index (χ1) is 20.6. The first kappa shape index (κ1) is 32.6. The Balaban J connectivity index is 1.36. The average molecular weight is 635 g/mol. The van der Waals surface area contributed by atoms with Gasteiger partial charge < -0.3 is 30.1 Å². The zero-order valence-corrected chi connectivity index (χ0v) is 25.4. The van der Waals surface area contributed by atoms with Crippen LogP contribution >= 0.6 is 23.2 Å². The van der Waals surface area contributed by atoms with Gasteiger partial charge in [-0.25, -0.2) is 4.79 Å². The molecule has 2 atom stereocenters. The monoisotopic (exact) mass is 633 g/mol. The number of nitrogens with one attached hydrogen (secondary N) is 2. The molecule has 3 amide bonds. The number of carbonyl (C=O) groups is 4. The SMILES string of the molecule is O=CC(O)(CCC(=O)N1CCOc2cc(Cl)ccc2C1)NC(=O)[C@H](CC1CCCCC1)NC(=O)OCc1cccc(Cl)c1. The summed E-state index contributed by atoms with van der Waals surface area (Å²) in [5, 5.41) is 17.0. The molecule has 1 heterocycles. The molecule has 0 radical (unpaired) electrons. The predicted octanol–water partition coefficient (Wildman–Crippen LogP) is 4.76. The number of hydrogen-bond acceptors (Lipinski definition) is 7. The Morgan fingerprint density at radius 2 is 1.88 bits per heavy atom. The summed E-state index contributed by atoms with van der Waals surface area (Å²) in [6.45, 7) is 0.795. The van der Waals surface area contributed by atoms with E-state index in [4.69, 9.17) is 32.7 Å². The number of nitrogens with zero attached hydrogens (tertiary/aromatic N) is 1. The van der Waals surface area contributed by atoms with E-state index >= 15 is 0 Å². The van der Waals surface area contributed by atoms with Gasteiger partial charge in [-0.3, -0.25) is 14.4 Å². The first-order valence-electron chi connectivity index (χ1n) is 14.5. The molecule has 12 heteroatoms. The number of fused-ring (bicyclic) bond motifs is 1. The summed E-state index contributed by atoms with van der Waals surface area (Å²) in [6, 6.07) is 11.0. The maximum Gasteiger partial charge on any atom is 0.408 e. The van der Waals surface area contributed by atoms with E-state index in [-0.39, 0.29) is 50.7 Å². The molecule has 0 saturated heterocycles. The number of alkyl carbamates (subject to hydrolysis) is 1. The summed E-state index contributed by atoms with van der Waals surface area (Å²) in [7, 11) is 0. The summed E-state index contributed by atoms with van der Waals surface area (Å²) in [5.74, 6) is -0.266. The van der Waals surface area contributed by atoms with Crippen LogP contribution in [0.3, 0.4) is 0 Å². The fourth-order valence-electron chi connectivity index (χ4n) is 5.41. The zero-order chi connectivity index (χ0) is 30.8. The maximum absolute atomic E-state index is 13.4. The van der Waals surface area contributed by atoms with Crippen LogP contribution in [-0.2, 0) is 32.3 Å². The van der Waals surface area contributed by atoms with E-state index in [0.717, 1.165) is 37.7 Å². The van der Waals surface area contributed by atoms with Gasteiger partial charge in [-0.2, -0.15) is 0 Å². The number of aldehydes is 1. The highest BCUT2D eigenvalue weighted by atomic mass is 35.5. The van der Waals surface area contributed by atoms with Crippen molar-refractivity contribution in [2.24, 2.45) is 5.92 Å². The van der Waals surface area contributed by atoms with Gasteiger partial charge in [0.15, 0.2) is 12.0 Å². The Kier molecular flexibility index (Phi) is 11.7. The molecule has 2 aromatic carbocycles. The molecule has 43 heavy (non-hydrogen) atoms. The van der Waals surface area contributed by atoms with Crippen LogP contribution in [0.4, 0.5) is 4.79 Å². The fraction of sp³-hybridized carbons (Fsp3) is 0.484. The largest absolute Gasteiger partial charge is 0.491 e. The highest BCUT2D eigenvalue weighted by Crippen LogP contribution is 2.29. The lowest BCUT2D eigenvalue weighted by Crippen LogP contribution is -2.57. The van der Waals surface area contributed by atoms with Gasteiger partial charge in [-0.05, 0) is 42.2 Å². The second-order valence-corrected chi connectivity index (χ2v) is 12.0. The number of hydrogen-bond donors (Lipinski definition) is 3. The third-order valence-corrected chi connectivity index (χ3v) is 8.25. The number of carbonyl (C=O) groups excluding carboxylic acids is 4. The molecule has 2 aliphatic rings. The molecule has 10 nitrogen and oxygen atoms in total. The third kappa shape index (κ3) is 9.84. The van der Waals surface area contributed by atoms with Gasteiger partial charge in [-0.15, -0.1) is 0 Å². The van der Waals surface area contributed by atoms with Crippen molar-refractivity contribution in [2.75, 3.05) is 13.2 Å². The summed E-state index contributed by atoms with van der Waals surface area (Å²) in [5.41, 5.74) is -0.843. The quantitative estimate of drug-likeness (QED) is 0.240. The van der Waals surface area contributed by atoms with Crippen LogP contribution in [0.2, 0.25) is 10.0 Å². The molecular weight excluding hydrogens is 597 g/mol. The van der Waals surface area contributed by atoms with Crippen molar-refractivity contribution < 1.29 is 33.8 Å². The van der Waals surface area contributed by atoms with E-state index in [2.05, 4.69) is 10.6 Å². The molecule has 2 aromatic rings. The molecule has 4 rings (SSSR count). The van der Waals surface area contributed by atoms with Crippen molar-refractivity contribution in [2.45, 2.75) is 76.3 Å². The van der Waals surface area contributed by atoms with Crippen LogP contribution in [0.5, 0.6) is 5.75 Å². The number of rotatable bonds is 11. The van der Waals surface area contributed by atoms with Crippen LogP contribution < -0.4 is 15.4 Å². The Morgan fingerprint density at radius 3 is 2.63 bits per heavy atom. The number of benzene rings is 2. The number of amides is 3. The fourth-order valence-corrected chi connectivity index (χ4v) is 5.79. The van der Waals surface area contributed by atoms with E-state index < -0.39 is 23.8 Å². The molecule has 1 aliphatic carbocycles. The van der Waals surface area contributed by atoms with Crippen molar-refractivity contribution in [1.29, 1.82) is 0 Å². The van der Waals surface area contributed by atoms with Crippen LogP contribution in [0, 0.1) is 5.92 Å². The highest BCUT2D eigenvalue weighted by Gasteiger charge is 2.35. The normalized spacial score (nSPS) is 17.3. The minimum Gasteiger partial charge on any atom is -0.491 e. The molecule has 1 aliphatic heterocycles. The van der Waals surface area contributed by atoms with E-state index in [0.29, 0.717) is 34.3 Å². The number of aliphatic hydroxyl groups is 1. The van der Waals surface area contributed by atoms with Crippen LogP contribution in [0.25, 0.3) is 0 Å². The van der Waals surface area contributed by atoms with Crippen molar-refractivity contribution in [3.63, 3.8) is 0 Å². The van der Waals surface area contributed by atoms with Crippen molar-refractivity contribution >= 4 is 47.4 Å². The van der Waals surface area contributed by atoms with Gasteiger partial charge >= 0.3 is 6.09 Å². The molecule has 0 aromatic heterocycles. The lowest BCUT2D eigenvalue weighted by atomic mass is 9.84. The van der Waals surface area contributed by atoms with Crippen LogP contribution in [0.15, 0.2) is 42.5 Å². The smallest absolute Gasteiger partial charge is 0.408 e. The molecule has 0 bridgehead atoms. The van der Waals surface area contributed by atoms with Gasteiger partial charge in [0, 0.05) is 35.0 Å². The second-order valence-electron chi connectivity index (χ2n) is 11.1. The van der Waals surface area contributed by atoms with Gasteiger partial charge in [0.1, 0.15) is 25.0 Å².